The highest BCUT2D eigenvalue weighted by molar-refractivity contribution is 5.93. The second-order valence-electron chi connectivity index (χ2n) is 7.61. The number of pyridine rings is 1. The Labute approximate surface area is 155 Å². The minimum absolute atomic E-state index is 0.0716. The molecular weight excluding hydrogens is 359 g/mol. The molecule has 1 aromatic carbocycles. The molecule has 2 aromatic rings. The van der Waals surface area contributed by atoms with Crippen molar-refractivity contribution < 1.29 is 22.7 Å². The van der Waals surface area contributed by atoms with Gasteiger partial charge < -0.3 is 15.0 Å². The minimum atomic E-state index is -4.47. The number of aromatic nitrogens is 1. The van der Waals surface area contributed by atoms with Crippen molar-refractivity contribution in [3.8, 4) is 0 Å². The molecule has 1 atom stereocenters. The largest absolute Gasteiger partial charge is 0.444 e. The van der Waals surface area contributed by atoms with E-state index < -0.39 is 17.3 Å². The number of nitrogens with one attached hydrogen (secondary N) is 1. The van der Waals surface area contributed by atoms with Gasteiger partial charge in [0.2, 0.25) is 0 Å². The summed E-state index contributed by atoms with van der Waals surface area (Å²) in [6.45, 7) is 6.37. The quantitative estimate of drug-likeness (QED) is 0.821. The van der Waals surface area contributed by atoms with Crippen LogP contribution < -0.4 is 5.32 Å². The van der Waals surface area contributed by atoms with Crippen LogP contribution in [0, 0.1) is 0 Å². The Balaban J connectivity index is 1.78. The fourth-order valence-electron chi connectivity index (χ4n) is 3.12. The number of ether oxygens (including phenoxy) is 1. The van der Waals surface area contributed by atoms with Crippen molar-refractivity contribution in [2.24, 2.45) is 0 Å². The maximum atomic E-state index is 13.2. The number of rotatable bonds is 2. The standard InChI is InChI=1S/C19H22F3N3O2/c1-18(2,3)27-17(26)25-10-8-12(11-25)24-15-7-6-14(19(20,21)22)16-13(15)5-4-9-23-16/h4-7,9,12,24H,8,10-11H2,1-3H3. The lowest BCUT2D eigenvalue weighted by Crippen LogP contribution is -2.36. The normalized spacial score (nSPS) is 18.0. The zero-order valence-corrected chi connectivity index (χ0v) is 15.4. The second-order valence-corrected chi connectivity index (χ2v) is 7.61. The zero-order chi connectivity index (χ0) is 19.8. The molecule has 1 saturated heterocycles. The molecule has 0 radical (unpaired) electrons. The highest BCUT2D eigenvalue weighted by Gasteiger charge is 2.34. The van der Waals surface area contributed by atoms with E-state index in [4.69, 9.17) is 4.74 Å². The average Bonchev–Trinajstić information content (AvgIpc) is 3.01. The molecule has 146 valence electrons. The van der Waals surface area contributed by atoms with Crippen LogP contribution in [-0.4, -0.2) is 40.7 Å². The minimum Gasteiger partial charge on any atom is -0.444 e. The van der Waals surface area contributed by atoms with Crippen molar-refractivity contribution in [2.45, 2.75) is 45.0 Å². The Morgan fingerprint density at radius 2 is 2.00 bits per heavy atom. The number of halogens is 3. The number of carbonyl (C=O) groups excluding carboxylic acids is 1. The lowest BCUT2D eigenvalue weighted by molar-refractivity contribution is -0.136. The van der Waals surface area contributed by atoms with Gasteiger partial charge in [-0.15, -0.1) is 0 Å². The number of anilines is 1. The summed E-state index contributed by atoms with van der Waals surface area (Å²) in [5.74, 6) is 0. The van der Waals surface area contributed by atoms with Crippen LogP contribution in [0.3, 0.4) is 0 Å². The molecule has 5 nitrogen and oxygen atoms in total. The van der Waals surface area contributed by atoms with Gasteiger partial charge in [0, 0.05) is 36.4 Å². The number of amides is 1. The molecule has 1 aromatic heterocycles. The molecule has 0 spiro atoms. The molecule has 1 aliphatic heterocycles. The Bertz CT molecular complexity index is 846. The molecule has 0 saturated carbocycles. The van der Waals surface area contributed by atoms with Crippen molar-refractivity contribution in [2.75, 3.05) is 18.4 Å². The zero-order valence-electron chi connectivity index (χ0n) is 15.4. The Morgan fingerprint density at radius 1 is 1.26 bits per heavy atom. The van der Waals surface area contributed by atoms with Crippen LogP contribution in [0.5, 0.6) is 0 Å². The molecule has 0 bridgehead atoms. The van der Waals surface area contributed by atoms with Crippen molar-refractivity contribution in [3.63, 3.8) is 0 Å². The first-order chi connectivity index (χ1) is 12.5. The first kappa shape index (κ1) is 19.3. The molecule has 3 rings (SSSR count). The van der Waals surface area contributed by atoms with E-state index >= 15 is 0 Å². The average molecular weight is 381 g/mol. The molecule has 1 fully saturated rings. The van der Waals surface area contributed by atoms with Gasteiger partial charge in [0.05, 0.1) is 11.1 Å². The van der Waals surface area contributed by atoms with Crippen LogP contribution >= 0.6 is 0 Å². The number of benzene rings is 1. The lowest BCUT2D eigenvalue weighted by atomic mass is 10.1. The Hall–Kier alpha value is -2.51. The van der Waals surface area contributed by atoms with Gasteiger partial charge in [-0.25, -0.2) is 4.79 Å². The van der Waals surface area contributed by atoms with Crippen LogP contribution in [0.2, 0.25) is 0 Å². The third-order valence-electron chi connectivity index (χ3n) is 4.27. The van der Waals surface area contributed by atoms with Gasteiger partial charge in [-0.2, -0.15) is 13.2 Å². The number of fused-ring (bicyclic) bond motifs is 1. The molecule has 1 amide bonds. The van der Waals surface area contributed by atoms with Gasteiger partial charge in [-0.3, -0.25) is 4.98 Å². The topological polar surface area (TPSA) is 54.5 Å². The Kier molecular flexibility index (Phi) is 4.92. The van der Waals surface area contributed by atoms with E-state index in [1.807, 2.05) is 0 Å². The molecular formula is C19H22F3N3O2. The highest BCUT2D eigenvalue weighted by Crippen LogP contribution is 2.36. The van der Waals surface area contributed by atoms with E-state index in [1.54, 1.807) is 37.8 Å². The summed E-state index contributed by atoms with van der Waals surface area (Å²) < 4.78 is 45.0. The van der Waals surface area contributed by atoms with Gasteiger partial charge in [0.1, 0.15) is 5.60 Å². The van der Waals surface area contributed by atoms with Crippen molar-refractivity contribution in [1.29, 1.82) is 0 Å². The fourth-order valence-corrected chi connectivity index (χ4v) is 3.12. The summed E-state index contributed by atoms with van der Waals surface area (Å²) >= 11 is 0. The van der Waals surface area contributed by atoms with Crippen LogP contribution in [0.1, 0.15) is 32.8 Å². The molecule has 27 heavy (non-hydrogen) atoms. The van der Waals surface area contributed by atoms with Gasteiger partial charge in [0.15, 0.2) is 0 Å². The number of hydrogen-bond acceptors (Lipinski definition) is 4. The number of hydrogen-bond donors (Lipinski definition) is 1. The number of nitrogens with zero attached hydrogens (tertiary/aromatic N) is 2. The van der Waals surface area contributed by atoms with E-state index in [-0.39, 0.29) is 17.7 Å². The third kappa shape index (κ3) is 4.43. The summed E-state index contributed by atoms with van der Waals surface area (Å²) in [6, 6.07) is 5.61. The molecule has 1 unspecified atom stereocenters. The molecule has 0 aliphatic carbocycles. The predicted molar refractivity (Wildman–Crippen MR) is 96.6 cm³/mol. The lowest BCUT2D eigenvalue weighted by Gasteiger charge is -2.24. The maximum Gasteiger partial charge on any atom is 0.418 e. The monoisotopic (exact) mass is 381 g/mol. The van der Waals surface area contributed by atoms with Gasteiger partial charge in [0.25, 0.3) is 0 Å². The van der Waals surface area contributed by atoms with E-state index in [9.17, 15) is 18.0 Å². The summed E-state index contributed by atoms with van der Waals surface area (Å²) in [4.78, 5) is 17.7. The van der Waals surface area contributed by atoms with Crippen LogP contribution in [-0.2, 0) is 10.9 Å². The molecule has 1 aliphatic rings. The number of likely N-dealkylation sites (tertiary alicyclic amines) is 1. The van der Waals surface area contributed by atoms with E-state index in [1.165, 1.54) is 12.3 Å². The molecule has 8 heteroatoms. The van der Waals surface area contributed by atoms with Gasteiger partial charge >= 0.3 is 12.3 Å². The Morgan fingerprint density at radius 3 is 2.67 bits per heavy atom. The smallest absolute Gasteiger partial charge is 0.418 e. The van der Waals surface area contributed by atoms with Crippen molar-refractivity contribution in [3.05, 3.63) is 36.0 Å². The summed E-state index contributed by atoms with van der Waals surface area (Å²) in [5.41, 5.74) is -0.845. The van der Waals surface area contributed by atoms with E-state index in [0.29, 0.717) is 30.6 Å². The van der Waals surface area contributed by atoms with Gasteiger partial charge in [-0.05, 0) is 51.5 Å². The van der Waals surface area contributed by atoms with Crippen LogP contribution in [0.15, 0.2) is 30.5 Å². The first-order valence-electron chi connectivity index (χ1n) is 8.74. The van der Waals surface area contributed by atoms with Crippen molar-refractivity contribution in [1.82, 2.24) is 9.88 Å². The molecule has 1 N–H and O–H groups in total. The SMILES string of the molecule is CC(C)(C)OC(=O)N1CCC(Nc2ccc(C(F)(F)F)c3ncccc23)C1. The highest BCUT2D eigenvalue weighted by atomic mass is 19.4. The summed E-state index contributed by atoms with van der Waals surface area (Å²) in [6.07, 6.45) is -2.82. The fraction of sp³-hybridized carbons (Fsp3) is 0.474. The van der Waals surface area contributed by atoms with Gasteiger partial charge in [-0.1, -0.05) is 0 Å². The molecule has 2 heterocycles. The predicted octanol–water partition coefficient (Wildman–Crippen LogP) is 4.67. The van der Waals surface area contributed by atoms with Crippen LogP contribution in [0.25, 0.3) is 10.9 Å². The van der Waals surface area contributed by atoms with Crippen LogP contribution in [0.4, 0.5) is 23.7 Å². The second kappa shape index (κ2) is 6.90. The van der Waals surface area contributed by atoms with E-state index in [0.717, 1.165) is 6.07 Å². The maximum absolute atomic E-state index is 13.2. The number of carbonyl (C=O) groups is 1. The van der Waals surface area contributed by atoms with Crippen molar-refractivity contribution >= 4 is 22.7 Å². The first-order valence-corrected chi connectivity index (χ1v) is 8.74. The summed E-state index contributed by atoms with van der Waals surface area (Å²) in [5, 5.41) is 3.66. The third-order valence-corrected chi connectivity index (χ3v) is 4.27. The van der Waals surface area contributed by atoms with E-state index in [2.05, 4.69) is 10.3 Å². The summed E-state index contributed by atoms with van der Waals surface area (Å²) in [7, 11) is 0. The number of alkyl halides is 3.